The summed E-state index contributed by atoms with van der Waals surface area (Å²) in [6.45, 7) is 4.65. The molecule has 0 heterocycles. The van der Waals surface area contributed by atoms with Crippen LogP contribution in [-0.2, 0) is 33.3 Å². The van der Waals surface area contributed by atoms with E-state index in [-0.39, 0.29) is 38.6 Å². The van der Waals surface area contributed by atoms with E-state index in [1.165, 1.54) is 38.5 Å². The summed E-state index contributed by atoms with van der Waals surface area (Å²) in [4.78, 5) is 37.1. The highest BCUT2D eigenvalue weighted by Gasteiger charge is 2.25. The smallest absolute Gasteiger partial charge is 0.361 e. The first-order valence-electron chi connectivity index (χ1n) is 25.9. The molecule has 0 aliphatic rings. The Hall–Kier alpha value is -3.79. The molecule has 9 nitrogen and oxygen atoms in total. The zero-order valence-electron chi connectivity index (χ0n) is 42.6. The summed E-state index contributed by atoms with van der Waals surface area (Å²) in [5.41, 5.74) is 0. The fourth-order valence-electron chi connectivity index (χ4n) is 6.58. The van der Waals surface area contributed by atoms with Crippen LogP contribution in [0.2, 0.25) is 0 Å². The number of carboxylic acid groups (broad SMARTS) is 1. The van der Waals surface area contributed by atoms with Crippen LogP contribution in [0, 0.1) is 0 Å². The third-order valence-corrected chi connectivity index (χ3v) is 10.6. The first kappa shape index (κ1) is 62.2. The minimum atomic E-state index is -1.52. The van der Waals surface area contributed by atoms with Gasteiger partial charge in [-0.05, 0) is 89.9 Å². The number of unbranched alkanes of at least 4 members (excludes halogenated alkanes) is 15. The van der Waals surface area contributed by atoms with Crippen molar-refractivity contribution in [2.24, 2.45) is 0 Å². The van der Waals surface area contributed by atoms with Crippen molar-refractivity contribution in [3.8, 4) is 0 Å². The Labute approximate surface area is 403 Å². The fraction of sp³-hybridized carbons (Fsp3) is 0.667. The Morgan fingerprint density at radius 1 is 0.470 bits per heavy atom. The first-order valence-corrected chi connectivity index (χ1v) is 25.9. The third kappa shape index (κ3) is 48.2. The van der Waals surface area contributed by atoms with Gasteiger partial charge in [0.05, 0.1) is 34.4 Å². The Kier molecular flexibility index (Phi) is 45.0. The van der Waals surface area contributed by atoms with Crippen LogP contribution < -0.4 is 0 Å². The maximum absolute atomic E-state index is 12.8. The second-order valence-corrected chi connectivity index (χ2v) is 18.1. The molecule has 0 aromatic heterocycles. The summed E-state index contributed by atoms with van der Waals surface area (Å²) in [5.74, 6) is -2.04. The molecule has 0 rings (SSSR count). The van der Waals surface area contributed by atoms with Crippen LogP contribution in [-0.4, -0.2) is 87.4 Å². The first-order chi connectivity index (χ1) is 32.1. The Balaban J connectivity index is 4.22. The van der Waals surface area contributed by atoms with Crippen LogP contribution in [0.5, 0.6) is 0 Å². The number of esters is 2. The van der Waals surface area contributed by atoms with E-state index in [0.717, 1.165) is 116 Å². The van der Waals surface area contributed by atoms with Crippen molar-refractivity contribution < 1.29 is 42.9 Å². The van der Waals surface area contributed by atoms with E-state index < -0.39 is 24.3 Å². The molecule has 0 fully saturated rings. The average Bonchev–Trinajstić information content (AvgIpc) is 3.28. The van der Waals surface area contributed by atoms with Gasteiger partial charge in [0, 0.05) is 12.8 Å². The number of hydrogen-bond acceptors (Lipinski definition) is 7. The summed E-state index contributed by atoms with van der Waals surface area (Å²) in [6, 6.07) is 0. The van der Waals surface area contributed by atoms with Gasteiger partial charge in [-0.15, -0.1) is 0 Å². The Morgan fingerprint density at radius 3 is 1.30 bits per heavy atom. The molecule has 0 saturated carbocycles. The molecule has 2 unspecified atom stereocenters. The summed E-state index contributed by atoms with van der Waals surface area (Å²) in [7, 11) is 5.94. The highest BCUT2D eigenvalue weighted by molar-refractivity contribution is 5.71. The van der Waals surface area contributed by atoms with Crippen molar-refractivity contribution in [1.82, 2.24) is 0 Å². The van der Waals surface area contributed by atoms with Crippen molar-refractivity contribution in [2.45, 2.75) is 200 Å². The van der Waals surface area contributed by atoms with Gasteiger partial charge in [-0.3, -0.25) is 9.59 Å². The van der Waals surface area contributed by atoms with Crippen LogP contribution in [0.25, 0.3) is 0 Å². The molecular formula is C57H96NO8+. The molecule has 0 bridgehead atoms. The number of likely N-dealkylation sites (N-methyl/N-ethyl adjacent to an activating group) is 1. The number of allylic oxidation sites excluding steroid dienone is 16. The van der Waals surface area contributed by atoms with Crippen molar-refractivity contribution >= 4 is 17.9 Å². The molecule has 376 valence electrons. The highest BCUT2D eigenvalue weighted by atomic mass is 16.7. The van der Waals surface area contributed by atoms with E-state index in [1.54, 1.807) is 0 Å². The predicted molar refractivity (Wildman–Crippen MR) is 276 cm³/mol. The Morgan fingerprint density at radius 2 is 0.864 bits per heavy atom. The van der Waals surface area contributed by atoms with Crippen LogP contribution in [0.4, 0.5) is 0 Å². The van der Waals surface area contributed by atoms with E-state index in [1.807, 2.05) is 21.1 Å². The number of rotatable bonds is 46. The number of hydrogen-bond donors (Lipinski definition) is 1. The quantitative estimate of drug-likeness (QED) is 0.0211. The molecule has 0 spiro atoms. The lowest BCUT2D eigenvalue weighted by molar-refractivity contribution is -0.870. The lowest BCUT2D eigenvalue weighted by Crippen LogP contribution is -2.40. The van der Waals surface area contributed by atoms with Crippen molar-refractivity contribution in [2.75, 3.05) is 47.5 Å². The number of carboxylic acids is 1. The number of quaternary nitrogens is 1. The maximum Gasteiger partial charge on any atom is 0.361 e. The van der Waals surface area contributed by atoms with E-state index in [0.29, 0.717) is 17.4 Å². The molecule has 0 aromatic carbocycles. The van der Waals surface area contributed by atoms with Crippen molar-refractivity contribution in [3.05, 3.63) is 97.2 Å². The third-order valence-electron chi connectivity index (χ3n) is 10.6. The molecule has 0 saturated heterocycles. The van der Waals surface area contributed by atoms with Crippen LogP contribution in [0.3, 0.4) is 0 Å². The molecule has 0 amide bonds. The largest absolute Gasteiger partial charge is 0.477 e. The van der Waals surface area contributed by atoms with Crippen LogP contribution in [0.15, 0.2) is 97.2 Å². The van der Waals surface area contributed by atoms with Gasteiger partial charge < -0.3 is 28.5 Å². The molecule has 0 aliphatic carbocycles. The van der Waals surface area contributed by atoms with Gasteiger partial charge in [-0.25, -0.2) is 4.79 Å². The minimum absolute atomic E-state index is 0.180. The number of nitrogens with zero attached hydrogens (tertiary/aromatic N) is 1. The van der Waals surface area contributed by atoms with E-state index >= 15 is 0 Å². The standard InChI is InChI=1S/C57H95NO8/c1-6-8-10-12-14-16-18-19-20-21-22-23-24-25-26-27-28-29-30-31-32-33-34-35-36-37-38-40-42-44-46-48-55(60)66-53(52-65-57(56(61)62)63-50-49-58(3,4)5)51-64-54(59)47-45-43-41-39-17-15-13-11-9-7-2/h8,10-11,13-14,16,19-20,22-23,25-26,28-29,31-32,53,57H,6-7,9,12,15,17-18,21,24,27,30,33-52H2,1-5H3/p+1/b10-8-,13-11-,16-14-,20-19-,23-22-,26-25-,29-28-,32-31-. The SMILES string of the molecule is CC/C=C\C/C=C\C/C=C\C/C=C\C/C=C\C/C=C\C/C=C\CCCCCCCCCCCC(=O)OC(COC(=O)CCCCCCC/C=C\CCC)COC(OCC[N+](C)(C)C)C(=O)O. The van der Waals surface area contributed by atoms with Gasteiger partial charge in [-0.2, -0.15) is 0 Å². The number of aliphatic carboxylic acids is 1. The fourth-order valence-corrected chi connectivity index (χ4v) is 6.58. The number of carbonyl (C=O) groups excluding carboxylic acids is 2. The molecule has 66 heavy (non-hydrogen) atoms. The Bertz CT molecular complexity index is 1400. The average molecular weight is 923 g/mol. The second-order valence-electron chi connectivity index (χ2n) is 18.1. The lowest BCUT2D eigenvalue weighted by atomic mass is 10.1. The van der Waals surface area contributed by atoms with Crippen molar-refractivity contribution in [3.63, 3.8) is 0 Å². The summed E-state index contributed by atoms with van der Waals surface area (Å²) >= 11 is 0. The zero-order chi connectivity index (χ0) is 48.4. The molecule has 0 aliphatic heterocycles. The summed E-state index contributed by atoms with van der Waals surface area (Å²) in [6.07, 6.45) is 60.6. The molecular weight excluding hydrogens is 827 g/mol. The zero-order valence-corrected chi connectivity index (χ0v) is 42.6. The van der Waals surface area contributed by atoms with E-state index in [2.05, 4.69) is 111 Å². The molecule has 0 aromatic rings. The number of carbonyl (C=O) groups is 3. The minimum Gasteiger partial charge on any atom is -0.477 e. The highest BCUT2D eigenvalue weighted by Crippen LogP contribution is 2.14. The van der Waals surface area contributed by atoms with Gasteiger partial charge in [0.25, 0.3) is 6.29 Å². The molecule has 2 atom stereocenters. The summed E-state index contributed by atoms with van der Waals surface area (Å²) in [5, 5.41) is 9.65. The van der Waals surface area contributed by atoms with Crippen molar-refractivity contribution in [1.29, 1.82) is 0 Å². The second kappa shape index (κ2) is 47.7. The molecule has 0 radical (unpaired) electrons. The van der Waals surface area contributed by atoms with Gasteiger partial charge in [0.2, 0.25) is 0 Å². The maximum atomic E-state index is 12.8. The van der Waals surface area contributed by atoms with Crippen LogP contribution >= 0.6 is 0 Å². The van der Waals surface area contributed by atoms with Crippen LogP contribution in [0.1, 0.15) is 187 Å². The normalized spacial score (nSPS) is 13.7. The van der Waals surface area contributed by atoms with Gasteiger partial charge in [0.15, 0.2) is 6.10 Å². The monoisotopic (exact) mass is 923 g/mol. The van der Waals surface area contributed by atoms with Gasteiger partial charge in [0.1, 0.15) is 13.2 Å². The molecule has 1 N–H and O–H groups in total. The van der Waals surface area contributed by atoms with Gasteiger partial charge in [-0.1, -0.05) is 182 Å². The predicted octanol–water partition coefficient (Wildman–Crippen LogP) is 14.6. The topological polar surface area (TPSA) is 108 Å². The van der Waals surface area contributed by atoms with E-state index in [4.69, 9.17) is 18.9 Å². The summed E-state index contributed by atoms with van der Waals surface area (Å²) < 4.78 is 22.7. The lowest BCUT2D eigenvalue weighted by Gasteiger charge is -2.25. The van der Waals surface area contributed by atoms with E-state index in [9.17, 15) is 19.5 Å². The number of ether oxygens (including phenoxy) is 4. The molecule has 9 heteroatoms. The van der Waals surface area contributed by atoms with Gasteiger partial charge >= 0.3 is 17.9 Å².